The lowest BCUT2D eigenvalue weighted by atomic mass is 9.82. The first-order valence-electron chi connectivity index (χ1n) is 12.3. The van der Waals surface area contributed by atoms with Crippen LogP contribution in [0, 0.1) is 16.7 Å². The van der Waals surface area contributed by atoms with Crippen LogP contribution >= 0.6 is 19.3 Å². The molecule has 0 bridgehead atoms. The number of aromatic amines is 1. The third-order valence-electron chi connectivity index (χ3n) is 6.13. The smallest absolute Gasteiger partial charge is 0.459 e. The van der Waals surface area contributed by atoms with Gasteiger partial charge in [0.05, 0.1) is 24.1 Å². The van der Waals surface area contributed by atoms with Gasteiger partial charge in [-0.25, -0.2) is 13.9 Å². The topological polar surface area (TPSA) is 205 Å². The zero-order chi connectivity index (χ0) is 30.6. The first kappa shape index (κ1) is 32.2. The predicted octanol–water partition coefficient (Wildman–Crippen LogP) is 3.32. The van der Waals surface area contributed by atoms with Crippen molar-refractivity contribution >= 4 is 37.5 Å². The summed E-state index contributed by atoms with van der Waals surface area (Å²) in [5, 5.41) is 30.8. The highest BCUT2D eigenvalue weighted by Crippen LogP contribution is 2.51. The normalized spacial score (nSPS) is 26.7. The number of aliphatic imine (C=N–C) groups is 1. The summed E-state index contributed by atoms with van der Waals surface area (Å²) in [5.74, 6) is -0.781. The summed E-state index contributed by atoms with van der Waals surface area (Å²) in [5.41, 5.74) is 0.789. The SMILES string of the molecule is CC(C)OC(=O)C(C)NP(=O)(OCC1OC(C#N)(c2ccc(C(N)=NC=N)[nH]2)C(C)(F)C1O)Oc1ccc(Cl)cc1. The van der Waals surface area contributed by atoms with Crippen LogP contribution in [0.2, 0.25) is 5.02 Å². The number of alkyl halides is 1. The molecule has 6 atom stereocenters. The van der Waals surface area contributed by atoms with E-state index < -0.39 is 55.9 Å². The molecule has 6 unspecified atom stereocenters. The van der Waals surface area contributed by atoms with Crippen molar-refractivity contribution < 1.29 is 37.4 Å². The predicted molar refractivity (Wildman–Crippen MR) is 147 cm³/mol. The minimum Gasteiger partial charge on any atom is -0.462 e. The van der Waals surface area contributed by atoms with Crippen molar-refractivity contribution in [2.24, 2.45) is 10.7 Å². The maximum Gasteiger partial charge on any atom is 0.459 e. The van der Waals surface area contributed by atoms with Gasteiger partial charge in [-0.2, -0.15) is 10.3 Å². The van der Waals surface area contributed by atoms with E-state index in [9.17, 15) is 19.7 Å². The molecule has 3 rings (SSSR count). The number of nitrogens with one attached hydrogen (secondary N) is 3. The van der Waals surface area contributed by atoms with E-state index in [1.54, 1.807) is 19.9 Å². The lowest BCUT2D eigenvalue weighted by Gasteiger charge is -2.30. The summed E-state index contributed by atoms with van der Waals surface area (Å²) in [4.78, 5) is 18.7. The zero-order valence-electron chi connectivity index (χ0n) is 22.6. The standard InChI is InChI=1S/C25H31ClFN6O7P/c1-14(2)38-23(35)15(3)33-41(36,40-17-7-5-16(26)6-8-17)37-11-19-21(34)24(4,27)25(12-28,39-19)20-10-9-18(32-20)22(30)31-13-29/h5-10,13-15,19,21,32,34H,11H2,1-4H3,(H,33,36)(H3,29,30,31). The van der Waals surface area contributed by atoms with Crippen LogP contribution in [0.25, 0.3) is 0 Å². The maximum atomic E-state index is 16.1. The first-order chi connectivity index (χ1) is 19.2. The molecular weight excluding hydrogens is 582 g/mol. The summed E-state index contributed by atoms with van der Waals surface area (Å²) < 4.78 is 51.9. The molecule has 2 aromatic rings. The Morgan fingerprint density at radius 1 is 1.39 bits per heavy atom. The number of hydrogen-bond acceptors (Lipinski definition) is 9. The third-order valence-corrected chi connectivity index (χ3v) is 8.03. The first-order valence-corrected chi connectivity index (χ1v) is 14.3. The van der Waals surface area contributed by atoms with Crippen LogP contribution in [-0.4, -0.2) is 64.9 Å². The summed E-state index contributed by atoms with van der Waals surface area (Å²) in [6.45, 7) is 4.91. The monoisotopic (exact) mass is 612 g/mol. The van der Waals surface area contributed by atoms with E-state index in [4.69, 9.17) is 41.3 Å². The van der Waals surface area contributed by atoms with Crippen molar-refractivity contribution in [3.8, 4) is 11.8 Å². The molecule has 41 heavy (non-hydrogen) atoms. The van der Waals surface area contributed by atoms with E-state index in [2.05, 4.69) is 15.1 Å². The number of halogens is 2. The van der Waals surface area contributed by atoms with Gasteiger partial charge in [0.2, 0.25) is 5.60 Å². The Labute approximate surface area is 240 Å². The maximum absolute atomic E-state index is 16.1. The van der Waals surface area contributed by atoms with E-state index in [-0.39, 0.29) is 23.0 Å². The van der Waals surface area contributed by atoms with Crippen LogP contribution in [0.15, 0.2) is 41.4 Å². The van der Waals surface area contributed by atoms with Gasteiger partial charge in [-0.05, 0) is 64.1 Å². The van der Waals surface area contributed by atoms with E-state index >= 15 is 4.39 Å². The molecule has 1 aliphatic rings. The quantitative estimate of drug-likeness (QED) is 0.102. The van der Waals surface area contributed by atoms with Gasteiger partial charge in [-0.15, -0.1) is 0 Å². The molecule has 16 heteroatoms. The molecule has 13 nitrogen and oxygen atoms in total. The molecule has 0 amide bonds. The number of hydrogen-bond donors (Lipinski definition) is 5. The minimum atomic E-state index is -4.42. The number of aliphatic hydroxyl groups is 1. The molecule has 2 heterocycles. The van der Waals surface area contributed by atoms with Crippen LogP contribution in [-0.2, 0) is 29.0 Å². The summed E-state index contributed by atoms with van der Waals surface area (Å²) in [6, 6.07) is 9.11. The van der Waals surface area contributed by atoms with Crippen LogP contribution in [0.5, 0.6) is 5.75 Å². The van der Waals surface area contributed by atoms with Gasteiger partial charge in [0.15, 0.2) is 5.67 Å². The van der Waals surface area contributed by atoms with Crippen molar-refractivity contribution in [3.63, 3.8) is 0 Å². The highest BCUT2D eigenvalue weighted by molar-refractivity contribution is 7.52. The second-order valence-electron chi connectivity index (χ2n) is 9.57. The molecule has 0 radical (unpaired) electrons. The fourth-order valence-electron chi connectivity index (χ4n) is 4.02. The second kappa shape index (κ2) is 12.7. The molecule has 0 aliphatic carbocycles. The average molecular weight is 613 g/mol. The van der Waals surface area contributed by atoms with Gasteiger partial charge in [0.1, 0.15) is 42.2 Å². The Balaban J connectivity index is 1.88. The van der Waals surface area contributed by atoms with Crippen LogP contribution in [0.3, 0.4) is 0 Å². The molecule has 0 spiro atoms. The fourth-order valence-corrected chi connectivity index (χ4v) is 5.65. The molecule has 222 valence electrons. The number of esters is 1. The number of ether oxygens (including phenoxy) is 2. The van der Waals surface area contributed by atoms with Crippen LogP contribution < -0.4 is 15.3 Å². The molecule has 6 N–H and O–H groups in total. The van der Waals surface area contributed by atoms with E-state index in [0.717, 1.165) is 6.92 Å². The number of carbonyl (C=O) groups excluding carboxylic acids is 1. The molecule has 1 aromatic carbocycles. The average Bonchev–Trinajstić information content (AvgIpc) is 3.47. The minimum absolute atomic E-state index is 0.0624. The number of nitrogens with zero attached hydrogens (tertiary/aromatic N) is 2. The van der Waals surface area contributed by atoms with Gasteiger partial charge < -0.3 is 29.8 Å². The zero-order valence-corrected chi connectivity index (χ0v) is 24.3. The van der Waals surface area contributed by atoms with E-state index in [0.29, 0.717) is 11.4 Å². The summed E-state index contributed by atoms with van der Waals surface area (Å²) >= 11 is 5.91. The second-order valence-corrected chi connectivity index (χ2v) is 11.7. The molecule has 1 aliphatic heterocycles. The van der Waals surface area contributed by atoms with Gasteiger partial charge in [0, 0.05) is 5.02 Å². The largest absolute Gasteiger partial charge is 0.462 e. The van der Waals surface area contributed by atoms with Crippen molar-refractivity contribution in [1.29, 1.82) is 10.7 Å². The van der Waals surface area contributed by atoms with Crippen molar-refractivity contribution in [3.05, 3.63) is 52.8 Å². The number of aromatic nitrogens is 1. The number of aliphatic hydroxyl groups excluding tert-OH is 1. The Kier molecular flexibility index (Phi) is 9.97. The highest BCUT2D eigenvalue weighted by atomic mass is 35.5. The summed E-state index contributed by atoms with van der Waals surface area (Å²) in [6.07, 6.45) is -3.20. The Morgan fingerprint density at radius 2 is 2.05 bits per heavy atom. The number of H-pyrrole nitrogens is 1. The fraction of sp³-hybridized carbons (Fsp3) is 0.440. The van der Waals surface area contributed by atoms with Crippen molar-refractivity contribution in [1.82, 2.24) is 10.1 Å². The van der Waals surface area contributed by atoms with Gasteiger partial charge >= 0.3 is 13.7 Å². The van der Waals surface area contributed by atoms with Gasteiger partial charge in [0.25, 0.3) is 0 Å². The van der Waals surface area contributed by atoms with Gasteiger partial charge in [-0.3, -0.25) is 14.7 Å². The molecule has 1 saturated heterocycles. The van der Waals surface area contributed by atoms with E-state index in [1.165, 1.54) is 43.3 Å². The number of nitrogens with two attached hydrogens (primary N) is 1. The Hall–Kier alpha value is -3.31. The number of benzene rings is 1. The lowest BCUT2D eigenvalue weighted by molar-refractivity contribution is -0.149. The van der Waals surface area contributed by atoms with Crippen molar-refractivity contribution in [2.75, 3.05) is 6.61 Å². The third kappa shape index (κ3) is 6.95. The molecular formula is C25H31ClFN6O7P. The number of carbonyl (C=O) groups is 1. The molecule has 1 fully saturated rings. The van der Waals surface area contributed by atoms with Crippen molar-refractivity contribution in [2.45, 2.75) is 63.3 Å². The summed E-state index contributed by atoms with van der Waals surface area (Å²) in [7, 11) is -4.42. The number of rotatable bonds is 12. The molecule has 1 aromatic heterocycles. The van der Waals surface area contributed by atoms with E-state index in [1.807, 2.05) is 0 Å². The Bertz CT molecular complexity index is 1380. The Morgan fingerprint density at radius 3 is 2.63 bits per heavy atom. The van der Waals surface area contributed by atoms with Crippen LogP contribution in [0.4, 0.5) is 4.39 Å². The lowest BCUT2D eigenvalue weighted by Crippen LogP contribution is -2.48. The van der Waals surface area contributed by atoms with Gasteiger partial charge in [-0.1, -0.05) is 11.6 Å². The number of amidine groups is 1. The highest BCUT2D eigenvalue weighted by Gasteiger charge is 2.66. The number of nitriles is 1. The van der Waals surface area contributed by atoms with Crippen LogP contribution in [0.1, 0.15) is 39.1 Å². The molecule has 0 saturated carbocycles.